The Balaban J connectivity index is 1.67. The van der Waals surface area contributed by atoms with Gasteiger partial charge in [-0.1, -0.05) is 19.1 Å². The molecule has 0 saturated carbocycles. The largest absolute Gasteiger partial charge is 0.451 e. The molecule has 24 heavy (non-hydrogen) atoms. The number of pyridine rings is 1. The Bertz CT molecular complexity index is 827. The van der Waals surface area contributed by atoms with Crippen LogP contribution < -0.4 is 5.43 Å². The summed E-state index contributed by atoms with van der Waals surface area (Å²) in [6, 6.07) is 8.14. The third kappa shape index (κ3) is 3.48. The Morgan fingerprint density at radius 1 is 1.33 bits per heavy atom. The number of fused-ring (bicyclic) bond motifs is 1. The maximum Gasteiger partial charge on any atom is 0.355 e. The van der Waals surface area contributed by atoms with Crippen molar-refractivity contribution in [3.05, 3.63) is 46.2 Å². The normalized spacial score (nSPS) is 17.7. The van der Waals surface area contributed by atoms with Crippen LogP contribution in [0.2, 0.25) is 0 Å². The second-order valence-corrected chi connectivity index (χ2v) is 6.26. The molecular formula is C18H20N2O4. The maximum atomic E-state index is 12.1. The summed E-state index contributed by atoms with van der Waals surface area (Å²) in [7, 11) is 0. The van der Waals surface area contributed by atoms with E-state index in [4.69, 9.17) is 4.74 Å². The number of hydrogen-bond acceptors (Lipinski definition) is 4. The Morgan fingerprint density at radius 2 is 2.12 bits per heavy atom. The van der Waals surface area contributed by atoms with Crippen molar-refractivity contribution in [1.29, 1.82) is 0 Å². The zero-order valence-electron chi connectivity index (χ0n) is 13.6. The van der Waals surface area contributed by atoms with E-state index in [1.807, 2.05) is 0 Å². The maximum absolute atomic E-state index is 12.1. The molecule has 6 nitrogen and oxygen atoms in total. The molecule has 1 aliphatic rings. The Morgan fingerprint density at radius 3 is 2.92 bits per heavy atom. The number of benzene rings is 1. The van der Waals surface area contributed by atoms with Gasteiger partial charge in [0.1, 0.15) is 5.69 Å². The first kappa shape index (κ1) is 16.2. The van der Waals surface area contributed by atoms with Gasteiger partial charge in [0.25, 0.3) is 5.91 Å². The van der Waals surface area contributed by atoms with Crippen LogP contribution in [0.5, 0.6) is 0 Å². The number of carbonyl (C=O) groups excluding carboxylic acids is 2. The minimum Gasteiger partial charge on any atom is -0.451 e. The molecule has 6 heteroatoms. The third-order valence-electron chi connectivity index (χ3n) is 4.29. The first-order valence-corrected chi connectivity index (χ1v) is 8.11. The van der Waals surface area contributed by atoms with Crippen molar-refractivity contribution in [2.75, 3.05) is 19.7 Å². The number of ether oxygens (including phenoxy) is 1. The van der Waals surface area contributed by atoms with Gasteiger partial charge in [-0.05, 0) is 30.9 Å². The van der Waals surface area contributed by atoms with Gasteiger partial charge in [-0.25, -0.2) is 4.79 Å². The number of aromatic nitrogens is 1. The molecule has 1 aliphatic heterocycles. The van der Waals surface area contributed by atoms with Crippen LogP contribution in [0.3, 0.4) is 0 Å². The molecular weight excluding hydrogens is 308 g/mol. The topological polar surface area (TPSA) is 79.5 Å². The molecule has 0 spiro atoms. The van der Waals surface area contributed by atoms with Gasteiger partial charge in [0, 0.05) is 30.1 Å². The van der Waals surface area contributed by atoms with Gasteiger partial charge in [0.2, 0.25) is 0 Å². The van der Waals surface area contributed by atoms with Crippen molar-refractivity contribution in [1.82, 2.24) is 9.88 Å². The van der Waals surface area contributed by atoms with Crippen LogP contribution in [0.15, 0.2) is 35.1 Å². The van der Waals surface area contributed by atoms with Gasteiger partial charge in [0.05, 0.1) is 0 Å². The number of esters is 1. The van der Waals surface area contributed by atoms with Gasteiger partial charge in [-0.2, -0.15) is 0 Å². The van der Waals surface area contributed by atoms with Crippen LogP contribution >= 0.6 is 0 Å². The fourth-order valence-corrected chi connectivity index (χ4v) is 3.02. The molecule has 1 aromatic carbocycles. The van der Waals surface area contributed by atoms with E-state index in [0.717, 1.165) is 12.8 Å². The molecule has 1 aromatic heterocycles. The van der Waals surface area contributed by atoms with Gasteiger partial charge in [-0.3, -0.25) is 9.59 Å². The molecule has 2 heterocycles. The van der Waals surface area contributed by atoms with E-state index in [1.165, 1.54) is 6.07 Å². The van der Waals surface area contributed by atoms with Crippen LogP contribution in [0, 0.1) is 5.92 Å². The molecule has 0 unspecified atom stereocenters. The number of piperidine rings is 1. The average Bonchev–Trinajstić information content (AvgIpc) is 2.59. The second-order valence-electron chi connectivity index (χ2n) is 6.26. The molecule has 2 aromatic rings. The van der Waals surface area contributed by atoms with E-state index in [2.05, 4.69) is 11.9 Å². The fraction of sp³-hybridized carbons (Fsp3) is 0.389. The number of nitrogens with one attached hydrogen (secondary N) is 1. The number of rotatable bonds is 3. The zero-order chi connectivity index (χ0) is 17.1. The van der Waals surface area contributed by atoms with Crippen LogP contribution in [0.25, 0.3) is 10.9 Å². The van der Waals surface area contributed by atoms with Crippen molar-refractivity contribution in [2.45, 2.75) is 19.8 Å². The highest BCUT2D eigenvalue weighted by atomic mass is 16.5. The summed E-state index contributed by atoms with van der Waals surface area (Å²) in [5.74, 6) is -0.426. The van der Waals surface area contributed by atoms with Crippen LogP contribution in [-0.2, 0) is 9.53 Å². The summed E-state index contributed by atoms with van der Waals surface area (Å²) in [5.41, 5.74) is 0.360. The van der Waals surface area contributed by atoms with E-state index in [1.54, 1.807) is 29.2 Å². The zero-order valence-corrected chi connectivity index (χ0v) is 13.6. The van der Waals surface area contributed by atoms with Gasteiger partial charge >= 0.3 is 5.97 Å². The number of aromatic amines is 1. The SMILES string of the molecule is C[C@@H]1CCCN(C(=O)COC(=O)c2cc(=O)c3ccccc3[nH]2)C1. The lowest BCUT2D eigenvalue weighted by Gasteiger charge is -2.30. The van der Waals surface area contributed by atoms with Crippen LogP contribution in [0.1, 0.15) is 30.3 Å². The molecule has 126 valence electrons. The van der Waals surface area contributed by atoms with Crippen LogP contribution in [-0.4, -0.2) is 41.5 Å². The van der Waals surface area contributed by atoms with Crippen LogP contribution in [0.4, 0.5) is 0 Å². The standard InChI is InChI=1S/C18H20N2O4/c1-12-5-4-8-20(10-12)17(22)11-24-18(23)15-9-16(21)13-6-2-3-7-14(13)19-15/h2-3,6-7,9,12H,4-5,8,10-11H2,1H3,(H,19,21)/t12-/m1/s1. The highest BCUT2D eigenvalue weighted by Crippen LogP contribution is 2.15. The number of H-pyrrole nitrogens is 1. The second kappa shape index (κ2) is 6.86. The van der Waals surface area contributed by atoms with E-state index in [-0.39, 0.29) is 23.6 Å². The predicted octanol–water partition coefficient (Wildman–Crippen LogP) is 1.94. The highest BCUT2D eigenvalue weighted by molar-refractivity contribution is 5.92. The van der Waals surface area contributed by atoms with Gasteiger partial charge < -0.3 is 14.6 Å². The average molecular weight is 328 g/mol. The Hall–Kier alpha value is -2.63. The number of para-hydroxylation sites is 1. The molecule has 1 fully saturated rings. The summed E-state index contributed by atoms with van der Waals surface area (Å²) in [4.78, 5) is 40.9. The molecule has 1 atom stereocenters. The van der Waals surface area contributed by atoms with E-state index >= 15 is 0 Å². The lowest BCUT2D eigenvalue weighted by atomic mass is 10.0. The van der Waals surface area contributed by atoms with Gasteiger partial charge in [-0.15, -0.1) is 0 Å². The van der Waals surface area contributed by atoms with E-state index < -0.39 is 5.97 Å². The quantitative estimate of drug-likeness (QED) is 0.873. The van der Waals surface area contributed by atoms with Gasteiger partial charge in [0.15, 0.2) is 12.0 Å². The lowest BCUT2D eigenvalue weighted by molar-refractivity contribution is -0.136. The molecule has 3 rings (SSSR count). The lowest BCUT2D eigenvalue weighted by Crippen LogP contribution is -2.41. The first-order valence-electron chi connectivity index (χ1n) is 8.11. The third-order valence-corrected chi connectivity index (χ3v) is 4.29. The minimum atomic E-state index is -0.698. The summed E-state index contributed by atoms with van der Waals surface area (Å²) < 4.78 is 5.08. The highest BCUT2D eigenvalue weighted by Gasteiger charge is 2.22. The number of likely N-dealkylation sites (tertiary alicyclic amines) is 1. The smallest absolute Gasteiger partial charge is 0.355 e. The summed E-state index contributed by atoms with van der Waals surface area (Å²) in [6.07, 6.45) is 2.08. The number of amides is 1. The summed E-state index contributed by atoms with van der Waals surface area (Å²) >= 11 is 0. The summed E-state index contributed by atoms with van der Waals surface area (Å²) in [5, 5.41) is 0.507. The first-order chi connectivity index (χ1) is 11.5. The number of carbonyl (C=O) groups is 2. The van der Waals surface area contributed by atoms with E-state index in [9.17, 15) is 14.4 Å². The monoisotopic (exact) mass is 328 g/mol. The predicted molar refractivity (Wildman–Crippen MR) is 89.8 cm³/mol. The number of nitrogens with zero attached hydrogens (tertiary/aromatic N) is 1. The molecule has 0 bridgehead atoms. The minimum absolute atomic E-state index is 0.0542. The van der Waals surface area contributed by atoms with E-state index in [0.29, 0.717) is 29.9 Å². The molecule has 0 radical (unpaired) electrons. The van der Waals surface area contributed by atoms with Crippen molar-refractivity contribution in [3.8, 4) is 0 Å². The Labute approximate surface area is 139 Å². The molecule has 1 N–H and O–H groups in total. The molecule has 1 amide bonds. The fourth-order valence-electron chi connectivity index (χ4n) is 3.02. The van der Waals surface area contributed by atoms with Crippen molar-refractivity contribution in [2.24, 2.45) is 5.92 Å². The molecule has 0 aliphatic carbocycles. The number of hydrogen-bond donors (Lipinski definition) is 1. The molecule has 1 saturated heterocycles. The van der Waals surface area contributed by atoms with Crippen molar-refractivity contribution >= 4 is 22.8 Å². The Kier molecular flexibility index (Phi) is 4.64. The van der Waals surface area contributed by atoms with Crippen molar-refractivity contribution < 1.29 is 14.3 Å². The van der Waals surface area contributed by atoms with Crippen molar-refractivity contribution in [3.63, 3.8) is 0 Å². The summed E-state index contributed by atoms with van der Waals surface area (Å²) in [6.45, 7) is 3.20.